The summed E-state index contributed by atoms with van der Waals surface area (Å²) in [4.78, 5) is 4.52. The fourth-order valence-corrected chi connectivity index (χ4v) is 3.24. The van der Waals surface area contributed by atoms with Crippen LogP contribution in [0.1, 0.15) is 23.1 Å². The van der Waals surface area contributed by atoms with Crippen molar-refractivity contribution in [2.75, 3.05) is 11.6 Å². The monoisotopic (exact) mass is 373 g/mol. The SMILES string of the molecule is Cc1ccc(Cl)c(N=Cc2ccc(N3CCC(c4ccccc4)=N3)cc2)c1. The maximum atomic E-state index is 6.20. The van der Waals surface area contributed by atoms with Gasteiger partial charge in [-0.3, -0.25) is 10.0 Å². The zero-order valence-corrected chi connectivity index (χ0v) is 15.9. The Morgan fingerprint density at radius 3 is 2.56 bits per heavy atom. The largest absolute Gasteiger partial charge is 0.265 e. The molecule has 0 radical (unpaired) electrons. The normalized spacial score (nSPS) is 14.0. The van der Waals surface area contributed by atoms with Gasteiger partial charge in [0, 0.05) is 19.2 Å². The molecule has 0 N–H and O–H groups in total. The van der Waals surface area contributed by atoms with Crippen molar-refractivity contribution in [2.24, 2.45) is 10.1 Å². The van der Waals surface area contributed by atoms with Crippen molar-refractivity contribution in [3.05, 3.63) is 94.5 Å². The first-order valence-corrected chi connectivity index (χ1v) is 9.37. The molecule has 0 saturated heterocycles. The first kappa shape index (κ1) is 17.5. The van der Waals surface area contributed by atoms with Gasteiger partial charge < -0.3 is 0 Å². The van der Waals surface area contributed by atoms with Crippen LogP contribution in [0, 0.1) is 6.92 Å². The van der Waals surface area contributed by atoms with Crippen molar-refractivity contribution < 1.29 is 0 Å². The predicted molar refractivity (Wildman–Crippen MR) is 115 cm³/mol. The van der Waals surface area contributed by atoms with Gasteiger partial charge in [0.15, 0.2) is 0 Å². The molecular formula is C23H20ClN3. The van der Waals surface area contributed by atoms with Gasteiger partial charge in [-0.05, 0) is 47.9 Å². The van der Waals surface area contributed by atoms with Crippen LogP contribution < -0.4 is 5.01 Å². The Morgan fingerprint density at radius 1 is 1.00 bits per heavy atom. The number of hydrazone groups is 1. The van der Waals surface area contributed by atoms with Gasteiger partial charge in [-0.2, -0.15) is 5.10 Å². The van der Waals surface area contributed by atoms with Crippen molar-refractivity contribution in [2.45, 2.75) is 13.3 Å². The van der Waals surface area contributed by atoms with Crippen molar-refractivity contribution in [3.8, 4) is 0 Å². The molecule has 0 spiro atoms. The van der Waals surface area contributed by atoms with Crippen LogP contribution in [0.5, 0.6) is 0 Å². The molecule has 0 bridgehead atoms. The minimum Gasteiger partial charge on any atom is -0.265 e. The summed E-state index contributed by atoms with van der Waals surface area (Å²) >= 11 is 6.20. The molecule has 134 valence electrons. The fourth-order valence-electron chi connectivity index (χ4n) is 3.08. The Hall–Kier alpha value is -2.91. The number of anilines is 1. The van der Waals surface area contributed by atoms with Crippen LogP contribution in [0.25, 0.3) is 0 Å². The van der Waals surface area contributed by atoms with E-state index in [0.717, 1.165) is 41.2 Å². The molecule has 1 aliphatic rings. The Kier molecular flexibility index (Phi) is 5.03. The average molecular weight is 374 g/mol. The molecule has 1 aliphatic heterocycles. The fraction of sp³-hybridized carbons (Fsp3) is 0.130. The summed E-state index contributed by atoms with van der Waals surface area (Å²) in [6, 6.07) is 24.5. The van der Waals surface area contributed by atoms with E-state index in [0.29, 0.717) is 5.02 Å². The standard InChI is InChI=1S/C23H20ClN3/c1-17-7-12-21(24)23(15-17)25-16-18-8-10-20(11-9-18)27-14-13-22(26-27)19-5-3-2-4-6-19/h2-12,15-16H,13-14H2,1H3. The highest BCUT2D eigenvalue weighted by atomic mass is 35.5. The molecule has 4 heteroatoms. The Balaban J connectivity index is 1.49. The van der Waals surface area contributed by atoms with Gasteiger partial charge in [0.1, 0.15) is 0 Å². The molecule has 0 fully saturated rings. The molecule has 4 rings (SSSR count). The minimum absolute atomic E-state index is 0.660. The second kappa shape index (κ2) is 7.77. The summed E-state index contributed by atoms with van der Waals surface area (Å²) < 4.78 is 0. The first-order chi connectivity index (χ1) is 13.2. The first-order valence-electron chi connectivity index (χ1n) is 9.00. The van der Waals surface area contributed by atoms with Crippen LogP contribution in [0.15, 0.2) is 82.9 Å². The van der Waals surface area contributed by atoms with E-state index in [-0.39, 0.29) is 0 Å². The van der Waals surface area contributed by atoms with Crippen molar-refractivity contribution in [1.82, 2.24) is 0 Å². The lowest BCUT2D eigenvalue weighted by atomic mass is 10.1. The molecule has 0 atom stereocenters. The van der Waals surface area contributed by atoms with Crippen molar-refractivity contribution >= 4 is 34.9 Å². The lowest BCUT2D eigenvalue weighted by Gasteiger charge is -2.13. The smallest absolute Gasteiger partial charge is 0.0818 e. The van der Waals surface area contributed by atoms with Gasteiger partial charge in [0.05, 0.1) is 22.1 Å². The van der Waals surface area contributed by atoms with Crippen LogP contribution in [0.4, 0.5) is 11.4 Å². The lowest BCUT2D eigenvalue weighted by molar-refractivity contribution is 0.922. The van der Waals surface area contributed by atoms with E-state index in [1.54, 1.807) is 0 Å². The van der Waals surface area contributed by atoms with Gasteiger partial charge in [-0.15, -0.1) is 0 Å². The average Bonchev–Trinajstić information content (AvgIpc) is 3.20. The van der Waals surface area contributed by atoms with E-state index in [2.05, 4.69) is 58.5 Å². The number of benzene rings is 3. The van der Waals surface area contributed by atoms with Gasteiger partial charge in [-0.25, -0.2) is 0 Å². The number of hydrogen-bond acceptors (Lipinski definition) is 3. The number of nitrogens with zero attached hydrogens (tertiary/aromatic N) is 3. The molecule has 0 aliphatic carbocycles. The van der Waals surface area contributed by atoms with Gasteiger partial charge >= 0.3 is 0 Å². The Morgan fingerprint density at radius 2 is 1.78 bits per heavy atom. The van der Waals surface area contributed by atoms with Gasteiger partial charge in [0.25, 0.3) is 0 Å². The summed E-state index contributed by atoms with van der Waals surface area (Å²) in [7, 11) is 0. The third-order valence-electron chi connectivity index (χ3n) is 4.55. The van der Waals surface area contributed by atoms with E-state index in [9.17, 15) is 0 Å². The summed E-state index contributed by atoms with van der Waals surface area (Å²) in [6.07, 6.45) is 2.80. The van der Waals surface area contributed by atoms with Crippen LogP contribution in [0.2, 0.25) is 5.02 Å². The van der Waals surface area contributed by atoms with Gasteiger partial charge in [-0.1, -0.05) is 60.1 Å². The van der Waals surface area contributed by atoms with Crippen LogP contribution >= 0.6 is 11.6 Å². The highest BCUT2D eigenvalue weighted by molar-refractivity contribution is 6.33. The van der Waals surface area contributed by atoms with E-state index < -0.39 is 0 Å². The zero-order valence-electron chi connectivity index (χ0n) is 15.1. The molecule has 3 aromatic rings. The molecule has 0 unspecified atom stereocenters. The van der Waals surface area contributed by atoms with Crippen LogP contribution in [-0.4, -0.2) is 18.5 Å². The van der Waals surface area contributed by atoms with Crippen molar-refractivity contribution in [3.63, 3.8) is 0 Å². The summed E-state index contributed by atoms with van der Waals surface area (Å²) in [5.74, 6) is 0. The van der Waals surface area contributed by atoms with Crippen LogP contribution in [-0.2, 0) is 0 Å². The molecule has 0 amide bonds. The van der Waals surface area contributed by atoms with E-state index in [1.165, 1.54) is 5.56 Å². The van der Waals surface area contributed by atoms with E-state index in [1.807, 2.05) is 37.4 Å². The van der Waals surface area contributed by atoms with E-state index in [4.69, 9.17) is 16.7 Å². The summed E-state index contributed by atoms with van der Waals surface area (Å²) in [5.41, 5.74) is 6.38. The molecule has 3 aromatic carbocycles. The number of hydrogen-bond donors (Lipinski definition) is 0. The van der Waals surface area contributed by atoms with E-state index >= 15 is 0 Å². The zero-order chi connectivity index (χ0) is 18.6. The van der Waals surface area contributed by atoms with Crippen LogP contribution in [0.3, 0.4) is 0 Å². The molecule has 0 saturated carbocycles. The maximum Gasteiger partial charge on any atom is 0.0818 e. The lowest BCUT2D eigenvalue weighted by Crippen LogP contribution is -2.11. The summed E-state index contributed by atoms with van der Waals surface area (Å²) in [6.45, 7) is 2.93. The Bertz CT molecular complexity index is 992. The predicted octanol–water partition coefficient (Wildman–Crippen LogP) is 6.01. The second-order valence-corrected chi connectivity index (χ2v) is 7.00. The third kappa shape index (κ3) is 4.09. The van der Waals surface area contributed by atoms with Gasteiger partial charge in [0.2, 0.25) is 0 Å². The third-order valence-corrected chi connectivity index (χ3v) is 4.87. The highest BCUT2D eigenvalue weighted by Gasteiger charge is 2.16. The molecule has 0 aromatic heterocycles. The minimum atomic E-state index is 0.660. The Labute approximate surface area is 164 Å². The number of rotatable bonds is 4. The highest BCUT2D eigenvalue weighted by Crippen LogP contribution is 2.26. The molecule has 1 heterocycles. The number of aryl methyl sites for hydroxylation is 1. The maximum absolute atomic E-state index is 6.20. The molecular weight excluding hydrogens is 354 g/mol. The number of halogens is 1. The number of aliphatic imine (C=N–C) groups is 1. The molecule has 27 heavy (non-hydrogen) atoms. The molecule has 3 nitrogen and oxygen atoms in total. The summed E-state index contributed by atoms with van der Waals surface area (Å²) in [5, 5.41) is 7.49. The topological polar surface area (TPSA) is 28.0 Å². The second-order valence-electron chi connectivity index (χ2n) is 6.59. The van der Waals surface area contributed by atoms with Crippen molar-refractivity contribution in [1.29, 1.82) is 0 Å². The quantitative estimate of drug-likeness (QED) is 0.514.